The fraction of sp³-hybridized carbons (Fsp3) is 0.136. The Labute approximate surface area is 194 Å². The molecule has 0 aliphatic heterocycles. The van der Waals surface area contributed by atoms with Crippen molar-refractivity contribution in [2.24, 2.45) is 0 Å². The van der Waals surface area contributed by atoms with E-state index in [2.05, 4.69) is 5.32 Å². The first-order valence-electron chi connectivity index (χ1n) is 9.32. The van der Waals surface area contributed by atoms with E-state index in [0.717, 1.165) is 28.1 Å². The van der Waals surface area contributed by atoms with Gasteiger partial charge >= 0.3 is 0 Å². The number of nitrogens with zero attached hydrogens (tertiary/aromatic N) is 1. The molecular formula is C22H18Cl2F2N2O3S. The SMILES string of the molecule is Cc1ccc(S(=O)(=O)N(CC(=O)Nc2c(F)cccc2F)Cc2ccc(Cl)c(Cl)c2)cc1. The van der Waals surface area contributed by atoms with E-state index < -0.39 is 39.8 Å². The summed E-state index contributed by atoms with van der Waals surface area (Å²) in [6, 6.07) is 13.8. The van der Waals surface area contributed by atoms with E-state index in [9.17, 15) is 22.0 Å². The molecule has 0 radical (unpaired) electrons. The van der Waals surface area contributed by atoms with Crippen molar-refractivity contribution in [3.05, 3.63) is 93.5 Å². The molecule has 0 aliphatic rings. The fourth-order valence-electron chi connectivity index (χ4n) is 2.88. The molecule has 0 bridgehead atoms. The third-order valence-electron chi connectivity index (χ3n) is 4.55. The van der Waals surface area contributed by atoms with Crippen molar-refractivity contribution < 1.29 is 22.0 Å². The van der Waals surface area contributed by atoms with E-state index in [1.165, 1.54) is 24.3 Å². The molecular weight excluding hydrogens is 481 g/mol. The lowest BCUT2D eigenvalue weighted by Crippen LogP contribution is -2.37. The second-order valence-corrected chi connectivity index (χ2v) is 9.73. The van der Waals surface area contributed by atoms with Gasteiger partial charge in [0.15, 0.2) is 0 Å². The Hall–Kier alpha value is -2.52. The number of anilines is 1. The predicted molar refractivity (Wildman–Crippen MR) is 120 cm³/mol. The van der Waals surface area contributed by atoms with E-state index in [0.29, 0.717) is 5.56 Å². The number of benzene rings is 3. The van der Waals surface area contributed by atoms with Gasteiger partial charge in [-0.1, -0.05) is 53.0 Å². The normalized spacial score (nSPS) is 11.6. The molecule has 3 aromatic carbocycles. The first-order valence-corrected chi connectivity index (χ1v) is 11.5. The predicted octanol–water partition coefficient (Wildman–Crippen LogP) is 5.41. The van der Waals surface area contributed by atoms with Crippen molar-refractivity contribution in [1.82, 2.24) is 4.31 Å². The van der Waals surface area contributed by atoms with Crippen molar-refractivity contribution in [2.45, 2.75) is 18.4 Å². The van der Waals surface area contributed by atoms with Gasteiger partial charge in [0, 0.05) is 6.54 Å². The number of sulfonamides is 1. The molecule has 0 heterocycles. The molecule has 1 N–H and O–H groups in total. The van der Waals surface area contributed by atoms with Gasteiger partial charge in [0.05, 0.1) is 21.5 Å². The van der Waals surface area contributed by atoms with E-state index in [1.54, 1.807) is 25.1 Å². The number of hydrogen-bond acceptors (Lipinski definition) is 3. The maximum Gasteiger partial charge on any atom is 0.243 e. The molecule has 3 rings (SSSR count). The van der Waals surface area contributed by atoms with Crippen LogP contribution in [0.25, 0.3) is 0 Å². The zero-order chi connectivity index (χ0) is 23.5. The number of aryl methyl sites for hydroxylation is 1. The molecule has 168 valence electrons. The molecule has 0 saturated carbocycles. The summed E-state index contributed by atoms with van der Waals surface area (Å²) < 4.78 is 55.2. The van der Waals surface area contributed by atoms with Crippen LogP contribution in [-0.4, -0.2) is 25.2 Å². The molecule has 32 heavy (non-hydrogen) atoms. The monoisotopic (exact) mass is 498 g/mol. The minimum absolute atomic E-state index is 0.0342. The highest BCUT2D eigenvalue weighted by atomic mass is 35.5. The highest BCUT2D eigenvalue weighted by Crippen LogP contribution is 2.25. The summed E-state index contributed by atoms with van der Waals surface area (Å²) in [5.41, 5.74) is 0.674. The second kappa shape index (κ2) is 9.95. The van der Waals surface area contributed by atoms with Crippen LogP contribution in [0.4, 0.5) is 14.5 Å². The molecule has 0 fully saturated rings. The van der Waals surface area contributed by atoms with Crippen LogP contribution in [-0.2, 0) is 21.4 Å². The Morgan fingerprint density at radius 1 is 0.969 bits per heavy atom. The highest BCUT2D eigenvalue weighted by Gasteiger charge is 2.28. The minimum atomic E-state index is -4.14. The lowest BCUT2D eigenvalue weighted by atomic mass is 10.2. The summed E-state index contributed by atoms with van der Waals surface area (Å²) in [6.07, 6.45) is 0. The Bertz CT molecular complexity index is 1230. The average Bonchev–Trinajstić information content (AvgIpc) is 2.73. The molecule has 3 aromatic rings. The Balaban J connectivity index is 1.93. The van der Waals surface area contributed by atoms with Crippen LogP contribution >= 0.6 is 23.2 Å². The van der Waals surface area contributed by atoms with Gasteiger partial charge in [-0.05, 0) is 48.9 Å². The average molecular weight is 499 g/mol. The standard InChI is InChI=1S/C22H18Cl2F2N2O3S/c1-14-5-8-16(9-6-14)32(30,31)28(12-15-7-10-17(23)18(24)11-15)13-21(29)27-22-19(25)3-2-4-20(22)26/h2-11H,12-13H2,1H3,(H,27,29). The second-order valence-electron chi connectivity index (χ2n) is 6.98. The number of rotatable bonds is 7. The molecule has 0 spiro atoms. The van der Waals surface area contributed by atoms with Crippen molar-refractivity contribution in [3.8, 4) is 0 Å². The zero-order valence-electron chi connectivity index (χ0n) is 16.8. The summed E-state index contributed by atoms with van der Waals surface area (Å²) >= 11 is 12.0. The van der Waals surface area contributed by atoms with Crippen LogP contribution in [0.3, 0.4) is 0 Å². The van der Waals surface area contributed by atoms with Crippen LogP contribution < -0.4 is 5.32 Å². The van der Waals surface area contributed by atoms with Crippen LogP contribution in [0.5, 0.6) is 0 Å². The lowest BCUT2D eigenvalue weighted by molar-refractivity contribution is -0.116. The maximum absolute atomic E-state index is 13.9. The number of amides is 1. The van der Waals surface area contributed by atoms with Crippen LogP contribution in [0.1, 0.15) is 11.1 Å². The van der Waals surface area contributed by atoms with Crippen molar-refractivity contribution in [3.63, 3.8) is 0 Å². The first kappa shape index (κ1) is 24.1. The number of carbonyl (C=O) groups excluding carboxylic acids is 1. The van der Waals surface area contributed by atoms with Gasteiger partial charge in [-0.2, -0.15) is 4.31 Å². The molecule has 0 saturated heterocycles. The first-order chi connectivity index (χ1) is 15.1. The molecule has 10 heteroatoms. The number of para-hydroxylation sites is 1. The summed E-state index contributed by atoms with van der Waals surface area (Å²) in [6.45, 7) is 0.894. The molecule has 0 aromatic heterocycles. The number of hydrogen-bond donors (Lipinski definition) is 1. The van der Waals surface area contributed by atoms with Crippen LogP contribution in [0.2, 0.25) is 10.0 Å². The molecule has 0 aliphatic carbocycles. The summed E-state index contributed by atoms with van der Waals surface area (Å²) in [5, 5.41) is 2.61. The van der Waals surface area contributed by atoms with Crippen molar-refractivity contribution >= 4 is 44.8 Å². The number of halogens is 4. The van der Waals surface area contributed by atoms with Crippen LogP contribution in [0.15, 0.2) is 65.6 Å². The molecule has 5 nitrogen and oxygen atoms in total. The summed E-state index contributed by atoms with van der Waals surface area (Å²) in [5.74, 6) is -2.86. The molecule has 0 atom stereocenters. The number of nitrogens with one attached hydrogen (secondary N) is 1. The van der Waals surface area contributed by atoms with Crippen molar-refractivity contribution in [1.29, 1.82) is 0 Å². The highest BCUT2D eigenvalue weighted by molar-refractivity contribution is 7.89. The molecule has 0 unspecified atom stereocenters. The van der Waals surface area contributed by atoms with Gasteiger partial charge in [-0.15, -0.1) is 0 Å². The van der Waals surface area contributed by atoms with Crippen LogP contribution in [0, 0.1) is 18.6 Å². The maximum atomic E-state index is 13.9. The zero-order valence-corrected chi connectivity index (χ0v) is 19.1. The Kier molecular flexibility index (Phi) is 7.51. The van der Waals surface area contributed by atoms with Gasteiger partial charge in [0.25, 0.3) is 0 Å². The van der Waals surface area contributed by atoms with E-state index in [1.807, 2.05) is 0 Å². The number of carbonyl (C=O) groups is 1. The van der Waals surface area contributed by atoms with Gasteiger partial charge < -0.3 is 5.32 Å². The Morgan fingerprint density at radius 3 is 2.19 bits per heavy atom. The van der Waals surface area contributed by atoms with Gasteiger partial charge in [0.2, 0.25) is 15.9 Å². The third kappa shape index (κ3) is 5.63. The van der Waals surface area contributed by atoms with E-state index in [-0.39, 0.29) is 21.5 Å². The lowest BCUT2D eigenvalue weighted by Gasteiger charge is -2.22. The van der Waals surface area contributed by atoms with E-state index in [4.69, 9.17) is 23.2 Å². The third-order valence-corrected chi connectivity index (χ3v) is 7.09. The molecule has 1 amide bonds. The van der Waals surface area contributed by atoms with Crippen molar-refractivity contribution in [2.75, 3.05) is 11.9 Å². The largest absolute Gasteiger partial charge is 0.320 e. The minimum Gasteiger partial charge on any atom is -0.320 e. The van der Waals surface area contributed by atoms with E-state index >= 15 is 0 Å². The fourth-order valence-corrected chi connectivity index (χ4v) is 4.59. The van der Waals surface area contributed by atoms with Gasteiger partial charge in [-0.3, -0.25) is 4.79 Å². The quantitative estimate of drug-likeness (QED) is 0.473. The van der Waals surface area contributed by atoms with Gasteiger partial charge in [0.1, 0.15) is 17.3 Å². The van der Waals surface area contributed by atoms with Gasteiger partial charge in [-0.25, -0.2) is 17.2 Å². The summed E-state index contributed by atoms with van der Waals surface area (Å²) in [7, 11) is -4.14. The smallest absolute Gasteiger partial charge is 0.243 e. The topological polar surface area (TPSA) is 66.5 Å². The Morgan fingerprint density at radius 2 is 1.59 bits per heavy atom. The summed E-state index contributed by atoms with van der Waals surface area (Å²) in [4.78, 5) is 12.5.